The first-order valence-corrected chi connectivity index (χ1v) is 10.2. The lowest BCUT2D eigenvalue weighted by atomic mass is 10.3. The molecule has 0 heterocycles. The van der Waals surface area contributed by atoms with E-state index < -0.39 is 9.84 Å². The molecular formula is C15H33IN4O4S. The Bertz CT molecular complexity index is 498. The van der Waals surface area contributed by atoms with Crippen LogP contribution in [0.2, 0.25) is 0 Å². The summed E-state index contributed by atoms with van der Waals surface area (Å²) < 4.78 is 27.8. The standard InChI is InChI=1S/C15H32N4O4S.HI/c1-6-23-10-7-9-16-15(17-12-14(20)19(3)4)18-13(2)8-11-24(5,21)22;/h13H,6-12H2,1-5H3,(H2,16,17,18);1H. The van der Waals surface area contributed by atoms with Crippen molar-refractivity contribution in [2.24, 2.45) is 4.99 Å². The van der Waals surface area contributed by atoms with Gasteiger partial charge >= 0.3 is 0 Å². The van der Waals surface area contributed by atoms with Gasteiger partial charge in [-0.2, -0.15) is 0 Å². The Morgan fingerprint density at radius 2 is 1.96 bits per heavy atom. The molecule has 0 spiro atoms. The van der Waals surface area contributed by atoms with Crippen LogP contribution in [0.3, 0.4) is 0 Å². The molecule has 0 aliphatic carbocycles. The van der Waals surface area contributed by atoms with E-state index in [4.69, 9.17) is 4.74 Å². The summed E-state index contributed by atoms with van der Waals surface area (Å²) in [5.41, 5.74) is 0. The van der Waals surface area contributed by atoms with Gasteiger partial charge < -0.3 is 20.3 Å². The third-order valence-corrected chi connectivity index (χ3v) is 4.12. The van der Waals surface area contributed by atoms with Crippen molar-refractivity contribution in [1.82, 2.24) is 15.5 Å². The molecule has 1 unspecified atom stereocenters. The lowest BCUT2D eigenvalue weighted by Crippen LogP contribution is -2.44. The van der Waals surface area contributed by atoms with Crippen LogP contribution in [0.15, 0.2) is 4.99 Å². The van der Waals surface area contributed by atoms with Crippen LogP contribution in [-0.2, 0) is 19.4 Å². The summed E-state index contributed by atoms with van der Waals surface area (Å²) >= 11 is 0. The zero-order valence-corrected chi connectivity index (χ0v) is 19.0. The molecule has 2 N–H and O–H groups in total. The molecule has 0 aliphatic heterocycles. The fraction of sp³-hybridized carbons (Fsp3) is 0.867. The zero-order valence-electron chi connectivity index (χ0n) is 15.9. The van der Waals surface area contributed by atoms with Gasteiger partial charge in [-0.15, -0.1) is 24.0 Å². The number of halogens is 1. The smallest absolute Gasteiger partial charge is 0.243 e. The maximum absolute atomic E-state index is 11.7. The van der Waals surface area contributed by atoms with Gasteiger partial charge in [0.15, 0.2) is 5.96 Å². The minimum atomic E-state index is -3.00. The van der Waals surface area contributed by atoms with E-state index in [1.54, 1.807) is 14.1 Å². The number of nitrogens with zero attached hydrogens (tertiary/aromatic N) is 2. The number of rotatable bonds is 11. The van der Waals surface area contributed by atoms with Crippen LogP contribution in [0.4, 0.5) is 0 Å². The average molecular weight is 492 g/mol. The van der Waals surface area contributed by atoms with Gasteiger partial charge in [0.05, 0.1) is 5.75 Å². The monoisotopic (exact) mass is 492 g/mol. The average Bonchev–Trinajstić information content (AvgIpc) is 2.48. The first kappa shape index (κ1) is 26.6. The van der Waals surface area contributed by atoms with Gasteiger partial charge in [-0.05, 0) is 26.7 Å². The highest BCUT2D eigenvalue weighted by molar-refractivity contribution is 14.0. The van der Waals surface area contributed by atoms with Gasteiger partial charge in [0.1, 0.15) is 16.4 Å². The van der Waals surface area contributed by atoms with Crippen molar-refractivity contribution in [1.29, 1.82) is 0 Å². The summed E-state index contributed by atoms with van der Waals surface area (Å²) in [6, 6.07) is -0.0766. The Balaban J connectivity index is 0. The number of hydrogen-bond acceptors (Lipinski definition) is 5. The van der Waals surface area contributed by atoms with E-state index >= 15 is 0 Å². The number of carbonyl (C=O) groups excluding carboxylic acids is 1. The molecule has 0 radical (unpaired) electrons. The van der Waals surface area contributed by atoms with Gasteiger partial charge in [0.2, 0.25) is 5.91 Å². The topological polar surface area (TPSA) is 100 Å². The van der Waals surface area contributed by atoms with Crippen molar-refractivity contribution in [2.45, 2.75) is 32.7 Å². The number of nitrogens with one attached hydrogen (secondary N) is 2. The first-order chi connectivity index (χ1) is 11.2. The Labute approximate surface area is 169 Å². The van der Waals surface area contributed by atoms with E-state index in [-0.39, 0.29) is 48.2 Å². The van der Waals surface area contributed by atoms with Gasteiger partial charge in [-0.25, -0.2) is 13.4 Å². The summed E-state index contributed by atoms with van der Waals surface area (Å²) in [6.45, 7) is 5.85. The van der Waals surface area contributed by atoms with E-state index in [0.29, 0.717) is 32.1 Å². The van der Waals surface area contributed by atoms with Crippen molar-refractivity contribution in [3.63, 3.8) is 0 Å². The second-order valence-electron chi connectivity index (χ2n) is 5.89. The molecule has 150 valence electrons. The molecule has 0 aromatic carbocycles. The lowest BCUT2D eigenvalue weighted by Gasteiger charge is -2.18. The quantitative estimate of drug-likeness (QED) is 0.188. The first-order valence-electron chi connectivity index (χ1n) is 8.16. The molecule has 0 rings (SSSR count). The van der Waals surface area contributed by atoms with Crippen LogP contribution in [-0.4, -0.2) is 83.6 Å². The third-order valence-electron chi connectivity index (χ3n) is 3.14. The maximum Gasteiger partial charge on any atom is 0.243 e. The molecular weight excluding hydrogens is 459 g/mol. The number of ether oxygens (including phenoxy) is 1. The Kier molecular flexibility index (Phi) is 15.5. The summed E-state index contributed by atoms with van der Waals surface area (Å²) in [4.78, 5) is 17.4. The largest absolute Gasteiger partial charge is 0.382 e. The molecule has 0 fully saturated rings. The molecule has 10 heteroatoms. The van der Waals surface area contributed by atoms with Crippen LogP contribution in [0.5, 0.6) is 0 Å². The predicted octanol–water partition coefficient (Wildman–Crippen LogP) is 0.478. The minimum absolute atomic E-state index is 0. The van der Waals surface area contributed by atoms with Crippen LogP contribution in [0, 0.1) is 0 Å². The summed E-state index contributed by atoms with van der Waals surface area (Å²) in [5, 5.41) is 6.28. The highest BCUT2D eigenvalue weighted by atomic mass is 127. The second kappa shape index (κ2) is 14.5. The molecule has 0 aliphatic rings. The minimum Gasteiger partial charge on any atom is -0.382 e. The van der Waals surface area contributed by atoms with E-state index in [2.05, 4.69) is 15.6 Å². The second-order valence-corrected chi connectivity index (χ2v) is 8.15. The molecule has 0 saturated heterocycles. The summed E-state index contributed by atoms with van der Waals surface area (Å²) in [5.74, 6) is 0.506. The Morgan fingerprint density at radius 1 is 1.32 bits per heavy atom. The van der Waals surface area contributed by atoms with Crippen LogP contribution < -0.4 is 10.6 Å². The fourth-order valence-corrected chi connectivity index (χ4v) is 2.44. The predicted molar refractivity (Wildman–Crippen MR) is 112 cm³/mol. The molecule has 0 bridgehead atoms. The van der Waals surface area contributed by atoms with Crippen LogP contribution in [0.1, 0.15) is 26.7 Å². The third kappa shape index (κ3) is 16.6. The maximum atomic E-state index is 11.7. The van der Waals surface area contributed by atoms with Gasteiger partial charge in [0.25, 0.3) is 0 Å². The number of likely N-dealkylation sites (N-methyl/N-ethyl adjacent to an activating group) is 1. The van der Waals surface area contributed by atoms with Gasteiger partial charge in [-0.3, -0.25) is 4.79 Å². The van der Waals surface area contributed by atoms with Crippen LogP contribution in [0.25, 0.3) is 0 Å². The summed E-state index contributed by atoms with van der Waals surface area (Å²) in [7, 11) is 0.355. The van der Waals surface area contributed by atoms with Gasteiger partial charge in [-0.1, -0.05) is 0 Å². The molecule has 0 saturated carbocycles. The van der Waals surface area contributed by atoms with E-state index in [9.17, 15) is 13.2 Å². The molecule has 1 atom stereocenters. The molecule has 0 aromatic rings. The molecule has 25 heavy (non-hydrogen) atoms. The van der Waals surface area contributed by atoms with Crippen molar-refractivity contribution in [3.05, 3.63) is 0 Å². The summed E-state index contributed by atoms with van der Waals surface area (Å²) in [6.07, 6.45) is 2.50. The molecule has 1 amide bonds. The number of hydrogen-bond donors (Lipinski definition) is 2. The number of guanidine groups is 1. The fourth-order valence-electron chi connectivity index (χ4n) is 1.66. The highest BCUT2D eigenvalue weighted by Gasteiger charge is 2.10. The molecule has 8 nitrogen and oxygen atoms in total. The normalized spacial score (nSPS) is 12.9. The SMILES string of the molecule is CCOCCCNC(=NCC(=O)N(C)C)NC(C)CCS(C)(=O)=O.I. The number of sulfone groups is 1. The Morgan fingerprint density at radius 3 is 2.48 bits per heavy atom. The highest BCUT2D eigenvalue weighted by Crippen LogP contribution is 1.96. The number of amides is 1. The number of aliphatic imine (C=N–C) groups is 1. The van der Waals surface area contributed by atoms with Gasteiger partial charge in [0, 0.05) is 46.2 Å². The van der Waals surface area contributed by atoms with Crippen molar-refractivity contribution in [3.8, 4) is 0 Å². The number of carbonyl (C=O) groups is 1. The van der Waals surface area contributed by atoms with Crippen molar-refractivity contribution >= 4 is 45.7 Å². The van der Waals surface area contributed by atoms with Crippen molar-refractivity contribution in [2.75, 3.05) is 52.4 Å². The zero-order chi connectivity index (χ0) is 18.6. The van der Waals surface area contributed by atoms with E-state index in [1.807, 2.05) is 13.8 Å². The van der Waals surface area contributed by atoms with E-state index in [0.717, 1.165) is 6.42 Å². The lowest BCUT2D eigenvalue weighted by molar-refractivity contribution is -0.127. The molecule has 0 aromatic heterocycles. The van der Waals surface area contributed by atoms with Crippen LogP contribution >= 0.6 is 24.0 Å². The Hall–Kier alpha value is -0.620. The van der Waals surface area contributed by atoms with E-state index in [1.165, 1.54) is 11.2 Å². The van der Waals surface area contributed by atoms with Crippen molar-refractivity contribution < 1.29 is 17.9 Å².